The van der Waals surface area contributed by atoms with Crippen molar-refractivity contribution in [3.05, 3.63) is 98.5 Å². The van der Waals surface area contributed by atoms with Gasteiger partial charge in [-0.2, -0.15) is 5.10 Å². The highest BCUT2D eigenvalue weighted by molar-refractivity contribution is 5.95. The first-order valence-electron chi connectivity index (χ1n) is 10.8. The van der Waals surface area contributed by atoms with E-state index in [0.29, 0.717) is 35.2 Å². The predicted molar refractivity (Wildman–Crippen MR) is 116 cm³/mol. The van der Waals surface area contributed by atoms with E-state index in [1.165, 1.54) is 12.3 Å². The standard InChI is InChI=1S/C25H23F2N3O2/c1-14-7-5-9-17(22(14)27)21(16-8-3-4-10-18(16)26)24-19-11-6-12-29(19)25(32)23-15(2)20(31)13-28-30(23)24/h3-5,7-10,13,19,21,24H,6,11-12H2,1-2H3/t19-,21-,24-/m1/s1. The molecular weight excluding hydrogens is 412 g/mol. The number of carbonyl (C=O) groups excluding carboxylic acids is 1. The minimum Gasteiger partial charge on any atom is -0.332 e. The second-order valence-electron chi connectivity index (χ2n) is 8.60. The summed E-state index contributed by atoms with van der Waals surface area (Å²) >= 11 is 0. The average Bonchev–Trinajstić information content (AvgIpc) is 3.27. The van der Waals surface area contributed by atoms with Gasteiger partial charge in [-0.15, -0.1) is 0 Å². The Kier molecular flexibility index (Phi) is 4.92. The zero-order chi connectivity index (χ0) is 22.6. The van der Waals surface area contributed by atoms with Gasteiger partial charge in [-0.05, 0) is 49.4 Å². The maximum atomic E-state index is 15.5. The number of hydrogen-bond acceptors (Lipinski definition) is 3. The molecule has 3 atom stereocenters. The van der Waals surface area contributed by atoms with Crippen LogP contribution in [0.3, 0.4) is 0 Å². The number of carbonyl (C=O) groups is 1. The number of amides is 1. The van der Waals surface area contributed by atoms with E-state index in [2.05, 4.69) is 5.10 Å². The van der Waals surface area contributed by atoms with Crippen molar-refractivity contribution in [1.82, 2.24) is 14.7 Å². The van der Waals surface area contributed by atoms with Gasteiger partial charge in [0.2, 0.25) is 5.43 Å². The molecule has 32 heavy (non-hydrogen) atoms. The molecule has 5 nitrogen and oxygen atoms in total. The molecule has 1 aromatic heterocycles. The molecule has 2 aliphatic heterocycles. The van der Waals surface area contributed by atoms with Gasteiger partial charge in [0.1, 0.15) is 17.3 Å². The zero-order valence-corrected chi connectivity index (χ0v) is 17.9. The van der Waals surface area contributed by atoms with Crippen LogP contribution in [-0.4, -0.2) is 33.2 Å². The largest absolute Gasteiger partial charge is 0.332 e. The molecule has 0 spiro atoms. The van der Waals surface area contributed by atoms with Gasteiger partial charge in [-0.3, -0.25) is 14.3 Å². The van der Waals surface area contributed by atoms with Crippen LogP contribution in [0.2, 0.25) is 0 Å². The minimum absolute atomic E-state index is 0.204. The van der Waals surface area contributed by atoms with Crippen LogP contribution < -0.4 is 5.43 Å². The lowest BCUT2D eigenvalue weighted by Gasteiger charge is -2.43. The van der Waals surface area contributed by atoms with Gasteiger partial charge >= 0.3 is 0 Å². The van der Waals surface area contributed by atoms with Crippen LogP contribution in [0.5, 0.6) is 0 Å². The van der Waals surface area contributed by atoms with Crippen LogP contribution in [0, 0.1) is 25.5 Å². The molecule has 2 aliphatic rings. The Hall–Kier alpha value is -3.35. The number of nitrogens with zero attached hydrogens (tertiary/aromatic N) is 3. The van der Waals surface area contributed by atoms with Crippen molar-refractivity contribution in [3.8, 4) is 0 Å². The Labute approximate surface area is 184 Å². The van der Waals surface area contributed by atoms with Crippen LogP contribution in [0.15, 0.2) is 53.5 Å². The first-order chi connectivity index (χ1) is 15.4. The van der Waals surface area contributed by atoms with E-state index in [1.54, 1.807) is 59.8 Å². The summed E-state index contributed by atoms with van der Waals surface area (Å²) in [6.07, 6.45) is 2.67. The van der Waals surface area contributed by atoms with E-state index < -0.39 is 23.6 Å². The monoisotopic (exact) mass is 435 g/mol. The fourth-order valence-corrected chi connectivity index (χ4v) is 5.28. The quantitative estimate of drug-likeness (QED) is 0.622. The summed E-state index contributed by atoms with van der Waals surface area (Å²) in [5.41, 5.74) is 1.33. The zero-order valence-electron chi connectivity index (χ0n) is 17.9. The van der Waals surface area contributed by atoms with Crippen molar-refractivity contribution in [2.45, 2.75) is 44.7 Å². The van der Waals surface area contributed by atoms with Gasteiger partial charge in [-0.1, -0.05) is 36.4 Å². The van der Waals surface area contributed by atoms with E-state index >= 15 is 8.78 Å². The lowest BCUT2D eigenvalue weighted by molar-refractivity contribution is 0.0569. The van der Waals surface area contributed by atoms with Gasteiger partial charge in [0, 0.05) is 18.0 Å². The van der Waals surface area contributed by atoms with Gasteiger partial charge in [0.05, 0.1) is 18.3 Å². The molecule has 0 N–H and O–H groups in total. The summed E-state index contributed by atoms with van der Waals surface area (Å²) < 4.78 is 32.2. The van der Waals surface area contributed by atoms with E-state index in [-0.39, 0.29) is 23.1 Å². The number of rotatable bonds is 3. The van der Waals surface area contributed by atoms with Crippen molar-refractivity contribution in [1.29, 1.82) is 0 Å². The second kappa shape index (κ2) is 7.65. The molecule has 0 bridgehead atoms. The average molecular weight is 435 g/mol. The SMILES string of the molecule is Cc1cccc([C@@H](c2ccccc2F)[C@H]2[C@H]3CCCN3C(=O)c3c(C)c(=O)cnn32)c1F. The molecule has 3 heterocycles. The lowest BCUT2D eigenvalue weighted by atomic mass is 9.79. The predicted octanol–water partition coefficient (Wildman–Crippen LogP) is 4.13. The van der Waals surface area contributed by atoms with E-state index in [9.17, 15) is 9.59 Å². The van der Waals surface area contributed by atoms with Crippen molar-refractivity contribution >= 4 is 5.91 Å². The number of fused-ring (bicyclic) bond motifs is 2. The van der Waals surface area contributed by atoms with Gasteiger partial charge in [0.25, 0.3) is 5.91 Å². The van der Waals surface area contributed by atoms with E-state index in [1.807, 2.05) is 0 Å². The molecule has 0 radical (unpaired) electrons. The van der Waals surface area contributed by atoms with Gasteiger partial charge in [-0.25, -0.2) is 8.78 Å². The topological polar surface area (TPSA) is 55.2 Å². The Balaban J connectivity index is 1.83. The molecule has 0 saturated carbocycles. The number of hydrogen-bond donors (Lipinski definition) is 0. The molecule has 5 rings (SSSR count). The first kappa shape index (κ1) is 20.5. The van der Waals surface area contributed by atoms with Crippen molar-refractivity contribution in [3.63, 3.8) is 0 Å². The van der Waals surface area contributed by atoms with Crippen molar-refractivity contribution in [2.75, 3.05) is 6.54 Å². The number of aryl methyl sites for hydroxylation is 1. The summed E-state index contributed by atoms with van der Waals surface area (Å²) in [6, 6.07) is 10.6. The Morgan fingerprint density at radius 3 is 2.56 bits per heavy atom. The second-order valence-corrected chi connectivity index (χ2v) is 8.60. The highest BCUT2D eigenvalue weighted by atomic mass is 19.1. The summed E-state index contributed by atoms with van der Waals surface area (Å²) in [5.74, 6) is -1.83. The molecule has 0 unspecified atom stereocenters. The third-order valence-corrected chi connectivity index (χ3v) is 6.83. The van der Waals surface area contributed by atoms with Crippen molar-refractivity contribution in [2.24, 2.45) is 0 Å². The third-order valence-electron chi connectivity index (χ3n) is 6.83. The lowest BCUT2D eigenvalue weighted by Crippen LogP contribution is -2.51. The molecular formula is C25H23F2N3O2. The van der Waals surface area contributed by atoms with Crippen molar-refractivity contribution < 1.29 is 13.6 Å². The molecule has 1 saturated heterocycles. The smallest absolute Gasteiger partial charge is 0.272 e. The number of benzene rings is 2. The van der Waals surface area contributed by atoms with Gasteiger partial charge in [0.15, 0.2) is 0 Å². The normalized spacial score (nSPS) is 20.8. The molecule has 0 aliphatic carbocycles. The highest BCUT2D eigenvalue weighted by Crippen LogP contribution is 2.46. The van der Waals surface area contributed by atoms with Gasteiger partial charge < -0.3 is 4.90 Å². The number of halogens is 2. The molecule has 3 aromatic rings. The molecule has 7 heteroatoms. The molecule has 164 valence electrons. The summed E-state index contributed by atoms with van der Waals surface area (Å²) in [6.45, 7) is 3.83. The maximum absolute atomic E-state index is 15.5. The Bertz CT molecular complexity index is 1290. The van der Waals surface area contributed by atoms with Crippen LogP contribution in [0.25, 0.3) is 0 Å². The first-order valence-corrected chi connectivity index (χ1v) is 10.8. The summed E-state index contributed by atoms with van der Waals surface area (Å²) in [5, 5.41) is 4.34. The van der Waals surface area contributed by atoms with Crippen LogP contribution >= 0.6 is 0 Å². The maximum Gasteiger partial charge on any atom is 0.272 e. The Morgan fingerprint density at radius 2 is 1.78 bits per heavy atom. The summed E-state index contributed by atoms with van der Waals surface area (Å²) in [4.78, 5) is 27.4. The summed E-state index contributed by atoms with van der Waals surface area (Å²) in [7, 11) is 0. The molecule has 2 aromatic carbocycles. The highest BCUT2D eigenvalue weighted by Gasteiger charge is 2.48. The fourth-order valence-electron chi connectivity index (χ4n) is 5.28. The fraction of sp³-hybridized carbons (Fsp3) is 0.320. The van der Waals surface area contributed by atoms with Crippen LogP contribution in [-0.2, 0) is 0 Å². The van der Waals surface area contributed by atoms with E-state index in [0.717, 1.165) is 6.42 Å². The molecule has 1 fully saturated rings. The van der Waals surface area contributed by atoms with E-state index in [4.69, 9.17) is 0 Å². The Morgan fingerprint density at radius 1 is 1.03 bits per heavy atom. The number of aromatic nitrogens is 2. The molecule has 1 amide bonds. The van der Waals surface area contributed by atoms with Crippen LogP contribution in [0.4, 0.5) is 8.78 Å². The minimum atomic E-state index is -0.733. The van der Waals surface area contributed by atoms with Crippen LogP contribution in [0.1, 0.15) is 57.5 Å². The third kappa shape index (κ3) is 2.98.